The molecule has 0 atom stereocenters. The summed E-state index contributed by atoms with van der Waals surface area (Å²) in [6.07, 6.45) is 8.24. The molecular weight excluding hydrogens is 214 g/mol. The smallest absolute Gasteiger partial charge is 0.309 e. The first-order valence-electron chi connectivity index (χ1n) is 7.14. The fraction of sp³-hybridized carbons (Fsp3) is 0.929. The fourth-order valence-corrected chi connectivity index (χ4v) is 3.35. The Morgan fingerprint density at radius 2 is 1.76 bits per heavy atom. The van der Waals surface area contributed by atoms with Crippen molar-refractivity contribution in [3.05, 3.63) is 0 Å². The summed E-state index contributed by atoms with van der Waals surface area (Å²) >= 11 is 0. The summed E-state index contributed by atoms with van der Waals surface area (Å²) in [6.45, 7) is 4.98. The Morgan fingerprint density at radius 3 is 2.29 bits per heavy atom. The molecule has 1 heterocycles. The SMILES string of the molecule is CCCC1CCC(CN2CC(C(=O)O)C2)CC1. The Kier molecular flexibility index (Phi) is 4.43. The predicted octanol–water partition coefficient (Wildman–Crippen LogP) is 2.61. The zero-order valence-electron chi connectivity index (χ0n) is 10.9. The highest BCUT2D eigenvalue weighted by Gasteiger charge is 2.34. The Balaban J connectivity index is 1.61. The largest absolute Gasteiger partial charge is 0.481 e. The number of carboxylic acid groups (broad SMARTS) is 1. The van der Waals surface area contributed by atoms with E-state index < -0.39 is 5.97 Å². The summed E-state index contributed by atoms with van der Waals surface area (Å²) in [5.41, 5.74) is 0. The van der Waals surface area contributed by atoms with Gasteiger partial charge >= 0.3 is 5.97 Å². The van der Waals surface area contributed by atoms with Crippen molar-refractivity contribution in [2.75, 3.05) is 19.6 Å². The average Bonchev–Trinajstić information content (AvgIpc) is 2.25. The summed E-state index contributed by atoms with van der Waals surface area (Å²) in [7, 11) is 0. The van der Waals surface area contributed by atoms with Gasteiger partial charge in [-0.15, -0.1) is 0 Å². The maximum Gasteiger partial charge on any atom is 0.309 e. The van der Waals surface area contributed by atoms with E-state index in [1.165, 1.54) is 38.5 Å². The van der Waals surface area contributed by atoms with Crippen LogP contribution >= 0.6 is 0 Å². The van der Waals surface area contributed by atoms with E-state index in [2.05, 4.69) is 11.8 Å². The molecule has 1 saturated carbocycles. The van der Waals surface area contributed by atoms with Crippen molar-refractivity contribution in [1.29, 1.82) is 0 Å². The van der Waals surface area contributed by atoms with Gasteiger partial charge in [0.15, 0.2) is 0 Å². The molecule has 0 aromatic heterocycles. The lowest BCUT2D eigenvalue weighted by Gasteiger charge is -2.40. The first-order valence-corrected chi connectivity index (χ1v) is 7.14. The number of aliphatic carboxylic acids is 1. The zero-order valence-corrected chi connectivity index (χ0v) is 10.9. The number of carbonyl (C=O) groups is 1. The molecule has 2 fully saturated rings. The van der Waals surface area contributed by atoms with Gasteiger partial charge in [-0.05, 0) is 24.7 Å². The minimum atomic E-state index is -0.618. The van der Waals surface area contributed by atoms with E-state index in [0.29, 0.717) is 0 Å². The van der Waals surface area contributed by atoms with Gasteiger partial charge in [-0.3, -0.25) is 4.79 Å². The molecule has 0 spiro atoms. The van der Waals surface area contributed by atoms with Crippen LogP contribution < -0.4 is 0 Å². The van der Waals surface area contributed by atoms with Crippen molar-refractivity contribution in [2.45, 2.75) is 45.4 Å². The lowest BCUT2D eigenvalue weighted by Crippen LogP contribution is -2.52. The van der Waals surface area contributed by atoms with Gasteiger partial charge in [0.05, 0.1) is 5.92 Å². The van der Waals surface area contributed by atoms with Crippen LogP contribution in [0.1, 0.15) is 45.4 Å². The van der Waals surface area contributed by atoms with Crippen LogP contribution in [0.15, 0.2) is 0 Å². The lowest BCUT2D eigenvalue weighted by atomic mass is 9.79. The molecular formula is C14H25NO2. The second-order valence-electron chi connectivity index (χ2n) is 5.93. The molecule has 0 bridgehead atoms. The molecule has 0 radical (unpaired) electrons. The Bertz CT molecular complexity index is 253. The van der Waals surface area contributed by atoms with E-state index in [1.54, 1.807) is 0 Å². The molecule has 0 aromatic carbocycles. The Hall–Kier alpha value is -0.570. The van der Waals surface area contributed by atoms with Gasteiger partial charge in [0.25, 0.3) is 0 Å². The van der Waals surface area contributed by atoms with Crippen LogP contribution in [-0.4, -0.2) is 35.6 Å². The highest BCUT2D eigenvalue weighted by atomic mass is 16.4. The molecule has 1 aliphatic heterocycles. The van der Waals surface area contributed by atoms with Crippen LogP contribution in [0.25, 0.3) is 0 Å². The van der Waals surface area contributed by atoms with Crippen molar-refractivity contribution < 1.29 is 9.90 Å². The van der Waals surface area contributed by atoms with Gasteiger partial charge in [0.1, 0.15) is 0 Å². The van der Waals surface area contributed by atoms with E-state index in [0.717, 1.165) is 31.5 Å². The van der Waals surface area contributed by atoms with Gasteiger partial charge < -0.3 is 10.0 Å². The summed E-state index contributed by atoms with van der Waals surface area (Å²) in [4.78, 5) is 13.0. The van der Waals surface area contributed by atoms with Gasteiger partial charge in [-0.25, -0.2) is 0 Å². The average molecular weight is 239 g/mol. The molecule has 3 nitrogen and oxygen atoms in total. The molecule has 98 valence electrons. The standard InChI is InChI=1S/C14H25NO2/c1-2-3-11-4-6-12(7-5-11)8-15-9-13(10-15)14(16)17/h11-13H,2-10H2,1H3,(H,16,17). The van der Waals surface area contributed by atoms with Gasteiger partial charge in [-0.1, -0.05) is 32.6 Å². The van der Waals surface area contributed by atoms with E-state index in [9.17, 15) is 4.79 Å². The molecule has 0 amide bonds. The van der Waals surface area contributed by atoms with Crippen LogP contribution in [0.4, 0.5) is 0 Å². The van der Waals surface area contributed by atoms with Crippen molar-refractivity contribution in [1.82, 2.24) is 4.90 Å². The predicted molar refractivity (Wildman–Crippen MR) is 67.9 cm³/mol. The minimum Gasteiger partial charge on any atom is -0.481 e. The Labute approximate surface area is 104 Å². The van der Waals surface area contributed by atoms with E-state index in [-0.39, 0.29) is 5.92 Å². The number of nitrogens with zero attached hydrogens (tertiary/aromatic N) is 1. The van der Waals surface area contributed by atoms with E-state index in [1.807, 2.05) is 0 Å². The summed E-state index contributed by atoms with van der Waals surface area (Å²) in [6, 6.07) is 0. The summed E-state index contributed by atoms with van der Waals surface area (Å²) in [5.74, 6) is 1.09. The molecule has 0 unspecified atom stereocenters. The minimum absolute atomic E-state index is 0.0913. The maximum absolute atomic E-state index is 10.7. The molecule has 2 aliphatic rings. The molecule has 1 saturated heterocycles. The normalized spacial score (nSPS) is 31.1. The molecule has 2 rings (SSSR count). The number of likely N-dealkylation sites (tertiary alicyclic amines) is 1. The third kappa shape index (κ3) is 3.44. The Morgan fingerprint density at radius 1 is 1.18 bits per heavy atom. The fourth-order valence-electron chi connectivity index (χ4n) is 3.35. The van der Waals surface area contributed by atoms with Crippen molar-refractivity contribution in [3.8, 4) is 0 Å². The number of hydrogen-bond acceptors (Lipinski definition) is 2. The van der Waals surface area contributed by atoms with Crippen LogP contribution in [0.2, 0.25) is 0 Å². The van der Waals surface area contributed by atoms with Crippen LogP contribution in [-0.2, 0) is 4.79 Å². The van der Waals surface area contributed by atoms with Crippen molar-refractivity contribution in [3.63, 3.8) is 0 Å². The number of rotatable bonds is 5. The first-order chi connectivity index (χ1) is 8.19. The van der Waals surface area contributed by atoms with Crippen LogP contribution in [0, 0.1) is 17.8 Å². The van der Waals surface area contributed by atoms with Crippen molar-refractivity contribution in [2.24, 2.45) is 17.8 Å². The summed E-state index contributed by atoms with van der Waals surface area (Å²) < 4.78 is 0. The second kappa shape index (κ2) is 5.85. The lowest BCUT2D eigenvalue weighted by molar-refractivity contribution is -0.147. The highest BCUT2D eigenvalue weighted by Crippen LogP contribution is 2.33. The monoisotopic (exact) mass is 239 g/mol. The van der Waals surface area contributed by atoms with Gasteiger partial charge in [0, 0.05) is 19.6 Å². The number of carboxylic acids is 1. The third-order valence-electron chi connectivity index (χ3n) is 4.49. The van der Waals surface area contributed by atoms with E-state index >= 15 is 0 Å². The zero-order chi connectivity index (χ0) is 12.3. The number of hydrogen-bond donors (Lipinski definition) is 1. The van der Waals surface area contributed by atoms with Crippen LogP contribution in [0.5, 0.6) is 0 Å². The highest BCUT2D eigenvalue weighted by molar-refractivity contribution is 5.71. The third-order valence-corrected chi connectivity index (χ3v) is 4.49. The summed E-state index contributed by atoms with van der Waals surface area (Å²) in [5, 5.41) is 8.82. The molecule has 1 aliphatic carbocycles. The first kappa shape index (κ1) is 12.9. The quantitative estimate of drug-likeness (QED) is 0.801. The van der Waals surface area contributed by atoms with Crippen molar-refractivity contribution >= 4 is 5.97 Å². The van der Waals surface area contributed by atoms with Gasteiger partial charge in [-0.2, -0.15) is 0 Å². The van der Waals surface area contributed by atoms with Crippen LogP contribution in [0.3, 0.4) is 0 Å². The molecule has 3 heteroatoms. The van der Waals surface area contributed by atoms with Gasteiger partial charge in [0.2, 0.25) is 0 Å². The molecule has 17 heavy (non-hydrogen) atoms. The molecule has 1 N–H and O–H groups in total. The van der Waals surface area contributed by atoms with E-state index in [4.69, 9.17) is 5.11 Å². The topological polar surface area (TPSA) is 40.5 Å². The maximum atomic E-state index is 10.7. The molecule has 0 aromatic rings. The second-order valence-corrected chi connectivity index (χ2v) is 5.93.